The second-order valence-electron chi connectivity index (χ2n) is 4.86. The van der Waals surface area contributed by atoms with Crippen LogP contribution in [0.5, 0.6) is 0 Å². The third-order valence-corrected chi connectivity index (χ3v) is 3.93. The largest absolute Gasteiger partial charge is 0.384 e. The van der Waals surface area contributed by atoms with E-state index in [0.29, 0.717) is 0 Å². The molecular formula is C12H24O. The fourth-order valence-electron chi connectivity index (χ4n) is 2.81. The minimum absolute atomic E-state index is 0.739. The molecule has 0 amide bonds. The summed E-state index contributed by atoms with van der Waals surface area (Å²) in [7, 11) is 1.81. The predicted octanol–water partition coefficient (Wildman–Crippen LogP) is 3.34. The van der Waals surface area contributed by atoms with Crippen molar-refractivity contribution in [3.8, 4) is 0 Å². The molecular weight excluding hydrogens is 160 g/mol. The lowest BCUT2D eigenvalue weighted by atomic mass is 9.69. The molecule has 0 aromatic heterocycles. The van der Waals surface area contributed by atoms with Crippen molar-refractivity contribution in [1.29, 1.82) is 0 Å². The van der Waals surface area contributed by atoms with Crippen molar-refractivity contribution in [2.45, 2.75) is 40.0 Å². The maximum Gasteiger partial charge on any atom is 0.0490 e. The maximum atomic E-state index is 5.24. The monoisotopic (exact) mass is 184 g/mol. The molecule has 0 bridgehead atoms. The summed E-state index contributed by atoms with van der Waals surface area (Å²) in [5.41, 5.74) is 0. The Bertz CT molecular complexity index is 144. The first-order valence-corrected chi connectivity index (χ1v) is 5.65. The van der Waals surface area contributed by atoms with Crippen molar-refractivity contribution in [3.63, 3.8) is 0 Å². The molecule has 0 saturated heterocycles. The van der Waals surface area contributed by atoms with Gasteiger partial charge in [0.25, 0.3) is 0 Å². The number of methoxy groups -OCH3 is 1. The molecule has 1 fully saturated rings. The Morgan fingerprint density at radius 3 is 2.62 bits per heavy atom. The second-order valence-corrected chi connectivity index (χ2v) is 4.86. The summed E-state index contributed by atoms with van der Waals surface area (Å²) >= 11 is 0. The highest BCUT2D eigenvalue weighted by molar-refractivity contribution is 4.80. The normalized spacial score (nSPS) is 37.4. The third-order valence-electron chi connectivity index (χ3n) is 3.93. The van der Waals surface area contributed by atoms with E-state index in [4.69, 9.17) is 4.74 Å². The van der Waals surface area contributed by atoms with Crippen molar-refractivity contribution >= 4 is 0 Å². The summed E-state index contributed by atoms with van der Waals surface area (Å²) in [5, 5.41) is 0. The molecule has 1 nitrogen and oxygen atoms in total. The highest BCUT2D eigenvalue weighted by Crippen LogP contribution is 2.38. The van der Waals surface area contributed by atoms with Gasteiger partial charge in [-0.05, 0) is 30.1 Å². The standard InChI is InChI=1S/C12H24O/c1-9-6-5-7-12(11(9)3)10(2)8-13-4/h9-12H,5-8H2,1-4H3. The summed E-state index contributed by atoms with van der Waals surface area (Å²) in [6.45, 7) is 8.08. The quantitative estimate of drug-likeness (QED) is 0.653. The van der Waals surface area contributed by atoms with Crippen LogP contribution >= 0.6 is 0 Å². The van der Waals surface area contributed by atoms with Crippen molar-refractivity contribution in [2.75, 3.05) is 13.7 Å². The molecule has 0 aromatic rings. The van der Waals surface area contributed by atoms with Crippen molar-refractivity contribution in [2.24, 2.45) is 23.7 Å². The SMILES string of the molecule is COCC(C)C1CCCC(C)C1C. The number of rotatable bonds is 3. The fourth-order valence-corrected chi connectivity index (χ4v) is 2.81. The smallest absolute Gasteiger partial charge is 0.0490 e. The van der Waals surface area contributed by atoms with Crippen LogP contribution in [0.4, 0.5) is 0 Å². The third kappa shape index (κ3) is 2.70. The van der Waals surface area contributed by atoms with Crippen LogP contribution in [-0.4, -0.2) is 13.7 Å². The van der Waals surface area contributed by atoms with Gasteiger partial charge in [-0.2, -0.15) is 0 Å². The van der Waals surface area contributed by atoms with Crippen LogP contribution in [0.3, 0.4) is 0 Å². The van der Waals surface area contributed by atoms with Gasteiger partial charge < -0.3 is 4.74 Å². The molecule has 1 heteroatoms. The molecule has 13 heavy (non-hydrogen) atoms. The number of ether oxygens (including phenoxy) is 1. The van der Waals surface area contributed by atoms with Crippen LogP contribution in [0, 0.1) is 23.7 Å². The summed E-state index contributed by atoms with van der Waals surface area (Å²) < 4.78 is 5.24. The highest BCUT2D eigenvalue weighted by Gasteiger charge is 2.30. The zero-order chi connectivity index (χ0) is 9.84. The number of hydrogen-bond donors (Lipinski definition) is 0. The van der Waals surface area contributed by atoms with Gasteiger partial charge in [0.15, 0.2) is 0 Å². The van der Waals surface area contributed by atoms with Crippen LogP contribution in [-0.2, 0) is 4.74 Å². The number of hydrogen-bond acceptors (Lipinski definition) is 1. The molecule has 4 atom stereocenters. The van der Waals surface area contributed by atoms with E-state index in [1.807, 2.05) is 7.11 Å². The molecule has 0 radical (unpaired) electrons. The Kier molecular flexibility index (Phi) is 4.24. The lowest BCUT2D eigenvalue weighted by Gasteiger charge is -2.37. The molecule has 1 aliphatic carbocycles. The van der Waals surface area contributed by atoms with Gasteiger partial charge >= 0.3 is 0 Å². The van der Waals surface area contributed by atoms with Gasteiger partial charge in [-0.15, -0.1) is 0 Å². The Balaban J connectivity index is 2.46. The molecule has 1 rings (SSSR count). The lowest BCUT2D eigenvalue weighted by Crippen LogP contribution is -2.30. The van der Waals surface area contributed by atoms with Crippen LogP contribution in [0.2, 0.25) is 0 Å². The van der Waals surface area contributed by atoms with E-state index in [0.717, 1.165) is 30.3 Å². The van der Waals surface area contributed by atoms with Gasteiger partial charge in [0.05, 0.1) is 0 Å². The first-order valence-electron chi connectivity index (χ1n) is 5.65. The fraction of sp³-hybridized carbons (Fsp3) is 1.00. The molecule has 1 aliphatic rings. The molecule has 0 spiro atoms. The van der Waals surface area contributed by atoms with E-state index in [9.17, 15) is 0 Å². The van der Waals surface area contributed by atoms with Gasteiger partial charge in [0, 0.05) is 13.7 Å². The minimum atomic E-state index is 0.739. The molecule has 0 aromatic carbocycles. The van der Waals surface area contributed by atoms with Crippen LogP contribution < -0.4 is 0 Å². The first kappa shape index (κ1) is 11.0. The zero-order valence-corrected chi connectivity index (χ0v) is 9.55. The van der Waals surface area contributed by atoms with Crippen molar-refractivity contribution in [3.05, 3.63) is 0 Å². The molecule has 0 aliphatic heterocycles. The average molecular weight is 184 g/mol. The van der Waals surface area contributed by atoms with E-state index in [2.05, 4.69) is 20.8 Å². The Morgan fingerprint density at radius 2 is 2.00 bits per heavy atom. The van der Waals surface area contributed by atoms with Crippen LogP contribution in [0.1, 0.15) is 40.0 Å². The topological polar surface area (TPSA) is 9.23 Å². The Hall–Kier alpha value is -0.0400. The van der Waals surface area contributed by atoms with E-state index in [1.54, 1.807) is 0 Å². The van der Waals surface area contributed by atoms with Gasteiger partial charge in [0.2, 0.25) is 0 Å². The predicted molar refractivity (Wildman–Crippen MR) is 56.7 cm³/mol. The molecule has 0 N–H and O–H groups in total. The van der Waals surface area contributed by atoms with Gasteiger partial charge in [0.1, 0.15) is 0 Å². The Labute approximate surface area is 82.9 Å². The summed E-state index contributed by atoms with van der Waals surface area (Å²) in [5.74, 6) is 3.43. The van der Waals surface area contributed by atoms with Crippen molar-refractivity contribution in [1.82, 2.24) is 0 Å². The van der Waals surface area contributed by atoms with E-state index in [-0.39, 0.29) is 0 Å². The summed E-state index contributed by atoms with van der Waals surface area (Å²) in [4.78, 5) is 0. The zero-order valence-electron chi connectivity index (χ0n) is 9.55. The Morgan fingerprint density at radius 1 is 1.31 bits per heavy atom. The molecule has 78 valence electrons. The van der Waals surface area contributed by atoms with Crippen LogP contribution in [0.25, 0.3) is 0 Å². The average Bonchev–Trinajstić information content (AvgIpc) is 2.10. The van der Waals surface area contributed by atoms with Gasteiger partial charge in [-0.3, -0.25) is 0 Å². The van der Waals surface area contributed by atoms with E-state index >= 15 is 0 Å². The molecule has 4 unspecified atom stereocenters. The second kappa shape index (κ2) is 4.99. The molecule has 0 heterocycles. The van der Waals surface area contributed by atoms with E-state index < -0.39 is 0 Å². The van der Waals surface area contributed by atoms with Crippen molar-refractivity contribution < 1.29 is 4.74 Å². The summed E-state index contributed by atoms with van der Waals surface area (Å²) in [6, 6.07) is 0. The maximum absolute atomic E-state index is 5.24. The van der Waals surface area contributed by atoms with Crippen LogP contribution in [0.15, 0.2) is 0 Å². The first-order chi connectivity index (χ1) is 6.16. The summed E-state index contributed by atoms with van der Waals surface area (Å²) in [6.07, 6.45) is 4.26. The highest BCUT2D eigenvalue weighted by atomic mass is 16.5. The van der Waals surface area contributed by atoms with Gasteiger partial charge in [-0.1, -0.05) is 33.6 Å². The lowest BCUT2D eigenvalue weighted by molar-refractivity contribution is 0.0685. The van der Waals surface area contributed by atoms with E-state index in [1.165, 1.54) is 19.3 Å². The minimum Gasteiger partial charge on any atom is -0.384 e. The molecule has 1 saturated carbocycles. The van der Waals surface area contributed by atoms with Gasteiger partial charge in [-0.25, -0.2) is 0 Å².